The van der Waals surface area contributed by atoms with E-state index >= 15 is 0 Å². The molecule has 0 aromatic heterocycles. The van der Waals surface area contributed by atoms with Crippen molar-refractivity contribution in [3.05, 3.63) is 52.3 Å². The monoisotopic (exact) mass is 271 g/mol. The van der Waals surface area contributed by atoms with E-state index in [0.717, 1.165) is 0 Å². The van der Waals surface area contributed by atoms with Gasteiger partial charge in [0.05, 0.1) is 15.7 Å². The van der Waals surface area contributed by atoms with Gasteiger partial charge in [0.25, 0.3) is 0 Å². The normalized spacial score (nSPS) is 10.3. The molecule has 0 unspecified atom stereocenters. The van der Waals surface area contributed by atoms with Gasteiger partial charge in [0.2, 0.25) is 0 Å². The van der Waals surface area contributed by atoms with Crippen LogP contribution in [0, 0.1) is 5.82 Å². The zero-order chi connectivity index (χ0) is 12.4. The van der Waals surface area contributed by atoms with Gasteiger partial charge >= 0.3 is 0 Å². The molecule has 0 amide bonds. The Hall–Kier alpha value is -1.45. The summed E-state index contributed by atoms with van der Waals surface area (Å²) in [4.78, 5) is 0. The van der Waals surface area contributed by atoms with Crippen LogP contribution in [0.25, 0.3) is 0 Å². The molecule has 0 radical (unpaired) electrons. The first-order valence-electron chi connectivity index (χ1n) is 4.75. The van der Waals surface area contributed by atoms with E-state index in [2.05, 4.69) is 0 Å². The summed E-state index contributed by atoms with van der Waals surface area (Å²) in [6, 6.07) is 9.01. The molecular weight excluding hydrogens is 264 g/mol. The molecule has 88 valence electrons. The van der Waals surface area contributed by atoms with Crippen molar-refractivity contribution >= 4 is 28.9 Å². The van der Waals surface area contributed by atoms with Gasteiger partial charge in [-0.15, -0.1) is 0 Å². The van der Waals surface area contributed by atoms with Crippen molar-refractivity contribution in [3.8, 4) is 11.5 Å². The zero-order valence-electron chi connectivity index (χ0n) is 8.58. The van der Waals surface area contributed by atoms with Crippen LogP contribution >= 0.6 is 23.2 Å². The van der Waals surface area contributed by atoms with Crippen LogP contribution in [0.1, 0.15) is 0 Å². The molecule has 2 N–H and O–H groups in total. The average molecular weight is 272 g/mol. The minimum Gasteiger partial charge on any atom is -0.454 e. The number of para-hydroxylation sites is 1. The quantitative estimate of drug-likeness (QED) is 0.816. The van der Waals surface area contributed by atoms with Crippen molar-refractivity contribution in [3.63, 3.8) is 0 Å². The highest BCUT2D eigenvalue weighted by Crippen LogP contribution is 2.34. The fourth-order valence-electron chi connectivity index (χ4n) is 1.27. The number of nitrogens with two attached hydrogens (primary N) is 1. The number of rotatable bonds is 2. The number of hydrogen-bond acceptors (Lipinski definition) is 2. The van der Waals surface area contributed by atoms with Crippen molar-refractivity contribution in [1.82, 2.24) is 0 Å². The van der Waals surface area contributed by atoms with Crippen LogP contribution in [0.2, 0.25) is 10.0 Å². The predicted octanol–water partition coefficient (Wildman–Crippen LogP) is 4.51. The van der Waals surface area contributed by atoms with Gasteiger partial charge in [-0.2, -0.15) is 0 Å². The number of ether oxygens (including phenoxy) is 1. The maximum Gasteiger partial charge on any atom is 0.165 e. The van der Waals surface area contributed by atoms with Crippen LogP contribution < -0.4 is 10.5 Å². The number of nitrogen functional groups attached to an aromatic ring is 1. The molecule has 0 atom stereocenters. The van der Waals surface area contributed by atoms with E-state index in [-0.39, 0.29) is 21.5 Å². The molecule has 0 saturated carbocycles. The summed E-state index contributed by atoms with van der Waals surface area (Å²) >= 11 is 11.7. The highest BCUT2D eigenvalue weighted by Gasteiger charge is 2.08. The summed E-state index contributed by atoms with van der Waals surface area (Å²) in [5.41, 5.74) is 5.85. The van der Waals surface area contributed by atoms with Crippen LogP contribution in [0.5, 0.6) is 11.5 Å². The summed E-state index contributed by atoms with van der Waals surface area (Å²) in [6.45, 7) is 0. The molecule has 2 rings (SSSR count). The van der Waals surface area contributed by atoms with Crippen molar-refractivity contribution in [2.45, 2.75) is 0 Å². The van der Waals surface area contributed by atoms with Gasteiger partial charge in [0, 0.05) is 12.1 Å². The summed E-state index contributed by atoms with van der Waals surface area (Å²) in [6.07, 6.45) is 0. The predicted molar refractivity (Wildman–Crippen MR) is 67.3 cm³/mol. The largest absolute Gasteiger partial charge is 0.454 e. The SMILES string of the molecule is Nc1c(Cl)cc(Oc2ccccc2F)cc1Cl. The molecule has 0 aliphatic heterocycles. The summed E-state index contributed by atoms with van der Waals surface area (Å²) < 4.78 is 18.7. The smallest absolute Gasteiger partial charge is 0.165 e. The first-order chi connectivity index (χ1) is 8.08. The van der Waals surface area contributed by atoms with Crippen LogP contribution in [-0.4, -0.2) is 0 Å². The Bertz CT molecular complexity index is 537. The second-order valence-electron chi connectivity index (χ2n) is 3.33. The fourth-order valence-corrected chi connectivity index (χ4v) is 1.74. The Kier molecular flexibility index (Phi) is 3.41. The van der Waals surface area contributed by atoms with Gasteiger partial charge in [-0.1, -0.05) is 35.3 Å². The number of hydrogen-bond donors (Lipinski definition) is 1. The first-order valence-corrected chi connectivity index (χ1v) is 5.50. The molecule has 0 bridgehead atoms. The number of benzene rings is 2. The Balaban J connectivity index is 2.34. The molecule has 0 heterocycles. The van der Waals surface area contributed by atoms with Gasteiger partial charge in [-0.25, -0.2) is 4.39 Å². The third-order valence-corrected chi connectivity index (χ3v) is 2.74. The van der Waals surface area contributed by atoms with Crippen molar-refractivity contribution in [2.75, 3.05) is 5.73 Å². The Morgan fingerprint density at radius 1 is 1.06 bits per heavy atom. The van der Waals surface area contributed by atoms with Crippen LogP contribution in [0.15, 0.2) is 36.4 Å². The van der Waals surface area contributed by atoms with E-state index in [1.807, 2.05) is 0 Å². The Labute approximate surface area is 108 Å². The number of anilines is 1. The van der Waals surface area contributed by atoms with Gasteiger partial charge in [0.15, 0.2) is 11.6 Å². The first kappa shape index (κ1) is 12.0. The topological polar surface area (TPSA) is 35.2 Å². The highest BCUT2D eigenvalue weighted by atomic mass is 35.5. The van der Waals surface area contributed by atoms with E-state index in [9.17, 15) is 4.39 Å². The third-order valence-electron chi connectivity index (χ3n) is 2.12. The number of halogens is 3. The maximum absolute atomic E-state index is 13.3. The zero-order valence-corrected chi connectivity index (χ0v) is 10.1. The standard InChI is InChI=1S/C12H8Cl2FNO/c13-8-5-7(6-9(14)12(8)16)17-11-4-2-1-3-10(11)15/h1-6H,16H2. The average Bonchev–Trinajstić information content (AvgIpc) is 2.29. The highest BCUT2D eigenvalue weighted by molar-refractivity contribution is 6.39. The van der Waals surface area contributed by atoms with E-state index in [1.165, 1.54) is 24.3 Å². The lowest BCUT2D eigenvalue weighted by Gasteiger charge is -2.09. The molecule has 0 spiro atoms. The van der Waals surface area contributed by atoms with Gasteiger partial charge in [-0.05, 0) is 12.1 Å². The molecule has 5 heteroatoms. The molecular formula is C12H8Cl2FNO. The summed E-state index contributed by atoms with van der Waals surface area (Å²) in [5.74, 6) is -0.0275. The molecule has 0 aliphatic carbocycles. The van der Waals surface area contributed by atoms with E-state index in [0.29, 0.717) is 5.75 Å². The Morgan fingerprint density at radius 3 is 2.24 bits per heavy atom. The summed E-state index contributed by atoms with van der Waals surface area (Å²) in [5, 5.41) is 0.535. The van der Waals surface area contributed by atoms with E-state index in [1.54, 1.807) is 12.1 Å². The lowest BCUT2D eigenvalue weighted by atomic mass is 10.3. The summed E-state index contributed by atoms with van der Waals surface area (Å²) in [7, 11) is 0. The van der Waals surface area contributed by atoms with Gasteiger partial charge < -0.3 is 10.5 Å². The molecule has 0 saturated heterocycles. The molecule has 17 heavy (non-hydrogen) atoms. The minimum absolute atomic E-state index is 0.101. The Morgan fingerprint density at radius 2 is 1.65 bits per heavy atom. The van der Waals surface area contributed by atoms with E-state index in [4.69, 9.17) is 33.7 Å². The maximum atomic E-state index is 13.3. The van der Waals surface area contributed by atoms with Gasteiger partial charge in [-0.3, -0.25) is 0 Å². The molecule has 2 aromatic carbocycles. The lowest BCUT2D eigenvalue weighted by Crippen LogP contribution is -1.91. The van der Waals surface area contributed by atoms with Crippen molar-refractivity contribution < 1.29 is 9.13 Å². The molecule has 0 aliphatic rings. The van der Waals surface area contributed by atoms with Crippen molar-refractivity contribution in [2.24, 2.45) is 0 Å². The van der Waals surface area contributed by atoms with E-state index < -0.39 is 5.82 Å². The molecule has 2 nitrogen and oxygen atoms in total. The van der Waals surface area contributed by atoms with Gasteiger partial charge in [0.1, 0.15) is 5.75 Å². The minimum atomic E-state index is -0.462. The van der Waals surface area contributed by atoms with Crippen LogP contribution in [0.3, 0.4) is 0 Å². The van der Waals surface area contributed by atoms with Crippen LogP contribution in [-0.2, 0) is 0 Å². The third kappa shape index (κ3) is 2.62. The van der Waals surface area contributed by atoms with Crippen LogP contribution in [0.4, 0.5) is 10.1 Å². The molecule has 0 fully saturated rings. The second-order valence-corrected chi connectivity index (χ2v) is 4.15. The second kappa shape index (κ2) is 4.82. The molecule has 2 aromatic rings. The fraction of sp³-hybridized carbons (Fsp3) is 0. The lowest BCUT2D eigenvalue weighted by molar-refractivity contribution is 0.442. The van der Waals surface area contributed by atoms with Crippen molar-refractivity contribution in [1.29, 1.82) is 0 Å².